The molecule has 1 saturated heterocycles. The first-order chi connectivity index (χ1) is 19.2. The van der Waals surface area contributed by atoms with Gasteiger partial charge < -0.3 is 14.7 Å². The molecule has 1 aliphatic carbocycles. The van der Waals surface area contributed by atoms with E-state index in [0.717, 1.165) is 12.5 Å². The van der Waals surface area contributed by atoms with E-state index < -0.39 is 37.1 Å². The number of sulfone groups is 1. The number of ether oxygens (including phenoxy) is 1. The van der Waals surface area contributed by atoms with Crippen molar-refractivity contribution in [1.82, 2.24) is 9.36 Å². The SMILES string of the molecule is CC[NH+](CC)CC.O=C1OC2(CCCCC2)S(=O)(=O)/C1=C/c1c(O)n(-c2ccccc2)n(-c2ccccc2)c1=O. The summed E-state index contributed by atoms with van der Waals surface area (Å²) >= 11 is 0. The summed E-state index contributed by atoms with van der Waals surface area (Å²) in [7, 11) is -4.14. The van der Waals surface area contributed by atoms with Gasteiger partial charge in [0.1, 0.15) is 5.56 Å². The highest BCUT2D eigenvalue weighted by Gasteiger charge is 2.58. The number of nitrogens with zero attached hydrogens (tertiary/aromatic N) is 2. The van der Waals surface area contributed by atoms with Crippen LogP contribution in [-0.2, 0) is 19.4 Å². The molecule has 0 unspecified atom stereocenters. The summed E-state index contributed by atoms with van der Waals surface area (Å²) in [5.74, 6) is -1.47. The van der Waals surface area contributed by atoms with Crippen molar-refractivity contribution in [2.24, 2.45) is 0 Å². The zero-order valence-electron chi connectivity index (χ0n) is 23.3. The number of aromatic nitrogens is 2. The standard InChI is InChI=1S/C24H22N2O6S.C6H15N/c27-21-19(16-20-23(29)32-24(33(20,30)31)14-8-3-9-15-24)22(28)26(18-12-6-2-7-13-18)25(21)17-10-4-1-5-11-17;1-4-7(5-2)6-3/h1-2,4-7,10-13,16,27H,3,8-9,14-15H2;4-6H2,1-3H3/p+1/b20-16+;. The lowest BCUT2D eigenvalue weighted by atomic mass is 9.97. The summed E-state index contributed by atoms with van der Waals surface area (Å²) in [5, 5.41) is 11.1. The molecular formula is C30H38N3O6S+. The van der Waals surface area contributed by atoms with Crippen molar-refractivity contribution in [2.75, 3.05) is 19.6 Å². The largest absolute Gasteiger partial charge is 0.493 e. The maximum atomic E-state index is 13.4. The smallest absolute Gasteiger partial charge is 0.351 e. The van der Waals surface area contributed by atoms with E-state index in [9.17, 15) is 23.1 Å². The molecular weight excluding hydrogens is 530 g/mol. The van der Waals surface area contributed by atoms with Gasteiger partial charge in [-0.05, 0) is 64.0 Å². The molecule has 9 nitrogen and oxygen atoms in total. The maximum Gasteiger partial charge on any atom is 0.351 e. The number of esters is 1. The highest BCUT2D eigenvalue weighted by Crippen LogP contribution is 2.45. The zero-order chi connectivity index (χ0) is 28.9. The molecule has 1 aromatic heterocycles. The fraction of sp³-hybridized carbons (Fsp3) is 0.400. The van der Waals surface area contributed by atoms with Crippen LogP contribution in [0.1, 0.15) is 58.4 Å². The van der Waals surface area contributed by atoms with E-state index >= 15 is 0 Å². The van der Waals surface area contributed by atoms with E-state index in [1.807, 2.05) is 0 Å². The van der Waals surface area contributed by atoms with Crippen molar-refractivity contribution < 1.29 is 28.0 Å². The topological polar surface area (TPSA) is 112 Å². The molecule has 40 heavy (non-hydrogen) atoms. The first-order valence-electron chi connectivity index (χ1n) is 13.9. The van der Waals surface area contributed by atoms with E-state index in [2.05, 4.69) is 20.8 Å². The molecule has 2 aromatic carbocycles. The van der Waals surface area contributed by atoms with Crippen LogP contribution >= 0.6 is 0 Å². The predicted octanol–water partition coefficient (Wildman–Crippen LogP) is 3.24. The van der Waals surface area contributed by atoms with E-state index in [0.29, 0.717) is 24.2 Å². The van der Waals surface area contributed by atoms with Crippen molar-refractivity contribution in [3.63, 3.8) is 0 Å². The summed E-state index contributed by atoms with van der Waals surface area (Å²) in [5.41, 5.74) is -0.0122. The molecule has 1 aliphatic heterocycles. The lowest BCUT2D eigenvalue weighted by molar-refractivity contribution is -0.894. The Kier molecular flexibility index (Phi) is 9.00. The Morgan fingerprint density at radius 3 is 1.82 bits per heavy atom. The van der Waals surface area contributed by atoms with Crippen LogP contribution in [0.25, 0.3) is 17.5 Å². The van der Waals surface area contributed by atoms with Crippen LogP contribution in [0.15, 0.2) is 70.4 Å². The summed E-state index contributed by atoms with van der Waals surface area (Å²) in [6, 6.07) is 17.3. The number of carbonyl (C=O) groups is 1. The van der Waals surface area contributed by atoms with E-state index in [1.165, 1.54) is 29.0 Å². The van der Waals surface area contributed by atoms with Crippen LogP contribution in [0.3, 0.4) is 0 Å². The number of benzene rings is 2. The molecule has 2 aliphatic rings. The minimum atomic E-state index is -4.14. The number of para-hydroxylation sites is 2. The fourth-order valence-electron chi connectivity index (χ4n) is 5.31. The Bertz CT molecular complexity index is 1510. The number of hydrogen-bond acceptors (Lipinski definition) is 6. The normalized spacial score (nSPS) is 18.5. The van der Waals surface area contributed by atoms with Crippen LogP contribution in [0.5, 0.6) is 5.88 Å². The highest BCUT2D eigenvalue weighted by molar-refractivity contribution is 7.98. The molecule has 10 heteroatoms. The monoisotopic (exact) mass is 568 g/mol. The van der Waals surface area contributed by atoms with Gasteiger partial charge in [0.2, 0.25) is 20.7 Å². The molecule has 2 heterocycles. The first kappa shape index (κ1) is 29.4. The van der Waals surface area contributed by atoms with Gasteiger partial charge in [0.05, 0.1) is 31.0 Å². The molecule has 0 atom stereocenters. The minimum absolute atomic E-state index is 0.226. The third-order valence-corrected chi connectivity index (χ3v) is 10.1. The molecule has 0 bridgehead atoms. The van der Waals surface area contributed by atoms with Crippen LogP contribution in [-0.4, -0.2) is 53.4 Å². The van der Waals surface area contributed by atoms with Gasteiger partial charge >= 0.3 is 5.97 Å². The molecule has 0 radical (unpaired) electrons. The van der Waals surface area contributed by atoms with Gasteiger partial charge in [-0.2, -0.15) is 0 Å². The van der Waals surface area contributed by atoms with Crippen LogP contribution in [0, 0.1) is 0 Å². The number of carbonyl (C=O) groups excluding carboxylic acids is 1. The van der Waals surface area contributed by atoms with Gasteiger partial charge in [-0.1, -0.05) is 42.8 Å². The Hall–Kier alpha value is -3.63. The number of rotatable bonds is 6. The predicted molar refractivity (Wildman–Crippen MR) is 154 cm³/mol. The number of quaternary nitrogens is 1. The average molecular weight is 569 g/mol. The Balaban J connectivity index is 0.000000470. The Labute approximate surface area is 235 Å². The minimum Gasteiger partial charge on any atom is -0.493 e. The quantitative estimate of drug-likeness (QED) is 0.349. The summed E-state index contributed by atoms with van der Waals surface area (Å²) in [6.07, 6.45) is 3.55. The zero-order valence-corrected chi connectivity index (χ0v) is 24.1. The van der Waals surface area contributed by atoms with Crippen molar-refractivity contribution in [2.45, 2.75) is 57.8 Å². The molecule has 214 valence electrons. The Morgan fingerprint density at radius 2 is 1.35 bits per heavy atom. The van der Waals surface area contributed by atoms with Gasteiger partial charge in [0.15, 0.2) is 4.91 Å². The van der Waals surface area contributed by atoms with Gasteiger partial charge in [-0.3, -0.25) is 4.79 Å². The number of aromatic hydroxyl groups is 1. The second-order valence-corrected chi connectivity index (χ2v) is 12.2. The van der Waals surface area contributed by atoms with E-state index in [1.54, 1.807) is 65.6 Å². The molecule has 1 saturated carbocycles. The van der Waals surface area contributed by atoms with E-state index in [-0.39, 0.29) is 18.4 Å². The summed E-state index contributed by atoms with van der Waals surface area (Å²) in [4.78, 5) is 25.6. The number of nitrogens with one attached hydrogen (secondary N) is 1. The number of hydrogen-bond donors (Lipinski definition) is 2. The van der Waals surface area contributed by atoms with Gasteiger partial charge in [-0.15, -0.1) is 0 Å². The molecule has 5 rings (SSSR count). The van der Waals surface area contributed by atoms with Crippen LogP contribution in [0.2, 0.25) is 0 Å². The highest BCUT2D eigenvalue weighted by atomic mass is 32.2. The third kappa shape index (κ3) is 5.38. The van der Waals surface area contributed by atoms with Crippen LogP contribution < -0.4 is 10.5 Å². The molecule has 2 fully saturated rings. The van der Waals surface area contributed by atoms with Crippen LogP contribution in [0.4, 0.5) is 0 Å². The van der Waals surface area contributed by atoms with Crippen molar-refractivity contribution in [1.29, 1.82) is 0 Å². The van der Waals surface area contributed by atoms with Gasteiger partial charge in [-0.25, -0.2) is 22.6 Å². The second-order valence-electron chi connectivity index (χ2n) is 10.0. The lowest BCUT2D eigenvalue weighted by Gasteiger charge is -2.29. The molecule has 3 aromatic rings. The lowest BCUT2D eigenvalue weighted by Crippen LogP contribution is -3.11. The van der Waals surface area contributed by atoms with E-state index in [4.69, 9.17) is 4.74 Å². The van der Waals surface area contributed by atoms with Crippen molar-refractivity contribution >= 4 is 21.9 Å². The van der Waals surface area contributed by atoms with Gasteiger partial charge in [0.25, 0.3) is 5.56 Å². The fourth-order valence-corrected chi connectivity index (χ4v) is 7.25. The third-order valence-electron chi connectivity index (χ3n) is 7.72. The summed E-state index contributed by atoms with van der Waals surface area (Å²) in [6.45, 7) is 10.5. The molecule has 0 amide bonds. The van der Waals surface area contributed by atoms with Gasteiger partial charge in [0, 0.05) is 12.8 Å². The second kappa shape index (κ2) is 12.3. The van der Waals surface area contributed by atoms with Crippen molar-refractivity contribution in [3.8, 4) is 17.3 Å². The Morgan fingerprint density at radius 1 is 0.850 bits per heavy atom. The molecule has 1 spiro atoms. The summed E-state index contributed by atoms with van der Waals surface area (Å²) < 4.78 is 34.6. The average Bonchev–Trinajstić information content (AvgIpc) is 3.32. The van der Waals surface area contributed by atoms with Crippen molar-refractivity contribution in [3.05, 3.63) is 81.5 Å². The first-order valence-corrected chi connectivity index (χ1v) is 15.4. The molecule has 2 N–H and O–H groups in total. The maximum absolute atomic E-state index is 13.4.